The van der Waals surface area contributed by atoms with E-state index in [1.54, 1.807) is 18.2 Å². The number of carbonyl (C=O) groups excluding carboxylic acids is 1. The van der Waals surface area contributed by atoms with Gasteiger partial charge in [-0.3, -0.25) is 4.79 Å². The summed E-state index contributed by atoms with van der Waals surface area (Å²) in [6.07, 6.45) is -0.0260. The van der Waals surface area contributed by atoms with Crippen molar-refractivity contribution >= 4 is 5.97 Å². The summed E-state index contributed by atoms with van der Waals surface area (Å²) in [7, 11) is 1.36. The maximum absolute atomic E-state index is 11.1. The van der Waals surface area contributed by atoms with E-state index in [0.717, 1.165) is 11.1 Å². The number of rotatable bonds is 2. The van der Waals surface area contributed by atoms with Gasteiger partial charge in [-0.25, -0.2) is 0 Å². The average Bonchev–Trinajstić information content (AvgIpc) is 2.60. The van der Waals surface area contributed by atoms with E-state index in [4.69, 9.17) is 4.74 Å². The minimum Gasteiger partial charge on any atom is -0.508 e. The first-order valence-electron chi connectivity index (χ1n) is 4.71. The van der Waals surface area contributed by atoms with E-state index >= 15 is 0 Å². The smallest absolute Gasteiger partial charge is 0.308 e. The van der Waals surface area contributed by atoms with Crippen molar-refractivity contribution in [3.8, 4) is 5.75 Å². The number of phenolic OH excluding ortho intramolecular Hbond substituents is 1. The van der Waals surface area contributed by atoms with E-state index in [9.17, 15) is 9.90 Å². The molecule has 2 rings (SSSR count). The minimum atomic E-state index is -0.291. The number of benzene rings is 1. The van der Waals surface area contributed by atoms with Crippen molar-refractivity contribution in [1.82, 2.24) is 0 Å². The highest BCUT2D eigenvalue weighted by Crippen LogP contribution is 2.34. The third-order valence-corrected chi connectivity index (χ3v) is 2.49. The van der Waals surface area contributed by atoms with Crippen LogP contribution in [0.3, 0.4) is 0 Å². The van der Waals surface area contributed by atoms with Crippen molar-refractivity contribution in [1.29, 1.82) is 0 Å². The molecule has 1 heterocycles. The number of ether oxygens (including phenoxy) is 2. The first kappa shape index (κ1) is 9.98. The van der Waals surface area contributed by atoms with E-state index < -0.39 is 0 Å². The Labute approximate surface area is 87.4 Å². The molecule has 0 radical (unpaired) electrons. The van der Waals surface area contributed by atoms with Gasteiger partial charge in [0.1, 0.15) is 5.75 Å². The summed E-state index contributed by atoms with van der Waals surface area (Å²) in [5.74, 6) is -0.0722. The third kappa shape index (κ3) is 1.94. The summed E-state index contributed by atoms with van der Waals surface area (Å²) >= 11 is 0. The number of fused-ring (bicyclic) bond motifs is 1. The van der Waals surface area contributed by atoms with Gasteiger partial charge >= 0.3 is 5.97 Å². The quantitative estimate of drug-likeness (QED) is 0.749. The van der Waals surface area contributed by atoms with Crippen LogP contribution in [0.5, 0.6) is 5.75 Å². The zero-order valence-corrected chi connectivity index (χ0v) is 8.40. The first-order chi connectivity index (χ1) is 7.20. The highest BCUT2D eigenvalue weighted by molar-refractivity contribution is 5.70. The number of aromatic hydroxyl groups is 1. The molecule has 1 aliphatic heterocycles. The van der Waals surface area contributed by atoms with Crippen molar-refractivity contribution in [2.24, 2.45) is 0 Å². The summed E-state index contributed by atoms with van der Waals surface area (Å²) in [5.41, 5.74) is 1.89. The van der Waals surface area contributed by atoms with Crippen LogP contribution in [-0.2, 0) is 20.9 Å². The maximum atomic E-state index is 11.1. The van der Waals surface area contributed by atoms with Crippen LogP contribution in [0, 0.1) is 0 Å². The Bertz CT molecular complexity index is 386. The van der Waals surface area contributed by atoms with Gasteiger partial charge in [0.2, 0.25) is 0 Å². The van der Waals surface area contributed by atoms with Crippen molar-refractivity contribution in [2.75, 3.05) is 7.11 Å². The lowest BCUT2D eigenvalue weighted by Gasteiger charge is -2.08. The molecule has 0 bridgehead atoms. The summed E-state index contributed by atoms with van der Waals surface area (Å²) in [5, 5.41) is 9.26. The lowest BCUT2D eigenvalue weighted by molar-refractivity contribution is -0.143. The van der Waals surface area contributed by atoms with Gasteiger partial charge in [0.15, 0.2) is 0 Å². The van der Waals surface area contributed by atoms with E-state index in [-0.39, 0.29) is 24.2 Å². The van der Waals surface area contributed by atoms with Gasteiger partial charge in [-0.05, 0) is 23.3 Å². The standard InChI is InChI=1S/C11H12O4/c1-14-11(13)5-10-9-3-2-8(12)4-7(9)6-15-10/h2-4,10,12H,5-6H2,1H3/t10-/m0/s1. The predicted octanol–water partition coefficient (Wildman–Crippen LogP) is 1.53. The Morgan fingerprint density at radius 2 is 2.47 bits per heavy atom. The molecule has 15 heavy (non-hydrogen) atoms. The molecule has 0 fully saturated rings. The Morgan fingerprint density at radius 1 is 1.67 bits per heavy atom. The molecule has 80 valence electrons. The molecule has 4 heteroatoms. The number of phenols is 1. The number of hydrogen-bond acceptors (Lipinski definition) is 4. The molecular formula is C11H12O4. The van der Waals surface area contributed by atoms with Crippen molar-refractivity contribution in [3.63, 3.8) is 0 Å². The first-order valence-corrected chi connectivity index (χ1v) is 4.71. The minimum absolute atomic E-state index is 0.217. The summed E-state index contributed by atoms with van der Waals surface area (Å²) in [4.78, 5) is 11.1. The lowest BCUT2D eigenvalue weighted by atomic mass is 10.0. The van der Waals surface area contributed by atoms with Crippen LogP contribution in [0.15, 0.2) is 18.2 Å². The van der Waals surface area contributed by atoms with E-state index in [0.29, 0.717) is 6.61 Å². The summed E-state index contributed by atoms with van der Waals surface area (Å²) in [6, 6.07) is 5.04. The third-order valence-electron chi connectivity index (χ3n) is 2.49. The average molecular weight is 208 g/mol. The lowest BCUT2D eigenvalue weighted by Crippen LogP contribution is -2.07. The Balaban J connectivity index is 2.18. The zero-order chi connectivity index (χ0) is 10.8. The summed E-state index contributed by atoms with van der Waals surface area (Å²) < 4.78 is 10.0. The van der Waals surface area contributed by atoms with Crippen LogP contribution in [0.25, 0.3) is 0 Å². The molecule has 1 aromatic carbocycles. The highest BCUT2D eigenvalue weighted by atomic mass is 16.5. The largest absolute Gasteiger partial charge is 0.508 e. The number of hydrogen-bond donors (Lipinski definition) is 1. The van der Waals surface area contributed by atoms with Crippen LogP contribution in [0.2, 0.25) is 0 Å². The predicted molar refractivity (Wildman–Crippen MR) is 52.3 cm³/mol. The molecule has 1 aliphatic rings. The second kappa shape index (κ2) is 3.90. The molecule has 4 nitrogen and oxygen atoms in total. The maximum Gasteiger partial charge on any atom is 0.308 e. The molecule has 0 aromatic heterocycles. The molecule has 1 aromatic rings. The molecular weight excluding hydrogens is 196 g/mol. The van der Waals surface area contributed by atoms with Crippen LogP contribution < -0.4 is 0 Å². The zero-order valence-electron chi connectivity index (χ0n) is 8.40. The molecule has 0 saturated carbocycles. The molecule has 0 unspecified atom stereocenters. The normalized spacial score (nSPS) is 18.6. The fourth-order valence-electron chi connectivity index (χ4n) is 1.72. The second-order valence-electron chi connectivity index (χ2n) is 3.46. The van der Waals surface area contributed by atoms with E-state index in [2.05, 4.69) is 4.74 Å². The molecule has 1 atom stereocenters. The van der Waals surface area contributed by atoms with Gasteiger partial charge in [-0.1, -0.05) is 6.07 Å². The van der Waals surface area contributed by atoms with Gasteiger partial charge in [-0.15, -0.1) is 0 Å². The number of esters is 1. The second-order valence-corrected chi connectivity index (χ2v) is 3.46. The van der Waals surface area contributed by atoms with Gasteiger partial charge in [0.25, 0.3) is 0 Å². The molecule has 0 spiro atoms. The van der Waals surface area contributed by atoms with E-state index in [1.165, 1.54) is 7.11 Å². The van der Waals surface area contributed by atoms with Crippen molar-refractivity contribution < 1.29 is 19.4 Å². The Morgan fingerprint density at radius 3 is 3.20 bits per heavy atom. The van der Waals surface area contributed by atoms with Crippen molar-refractivity contribution in [3.05, 3.63) is 29.3 Å². The van der Waals surface area contributed by atoms with Crippen LogP contribution in [-0.4, -0.2) is 18.2 Å². The Kier molecular flexibility index (Phi) is 2.60. The number of carbonyl (C=O) groups is 1. The van der Waals surface area contributed by atoms with Gasteiger partial charge < -0.3 is 14.6 Å². The van der Waals surface area contributed by atoms with Crippen LogP contribution >= 0.6 is 0 Å². The number of methoxy groups -OCH3 is 1. The Hall–Kier alpha value is -1.55. The van der Waals surface area contributed by atoms with Crippen molar-refractivity contribution in [2.45, 2.75) is 19.1 Å². The van der Waals surface area contributed by atoms with Crippen LogP contribution in [0.4, 0.5) is 0 Å². The topological polar surface area (TPSA) is 55.8 Å². The molecule has 0 amide bonds. The summed E-state index contributed by atoms with van der Waals surface area (Å²) in [6.45, 7) is 0.436. The molecule has 0 saturated heterocycles. The van der Waals surface area contributed by atoms with Gasteiger partial charge in [0, 0.05) is 0 Å². The molecule has 1 N–H and O–H groups in total. The van der Waals surface area contributed by atoms with Gasteiger partial charge in [-0.2, -0.15) is 0 Å². The van der Waals surface area contributed by atoms with Gasteiger partial charge in [0.05, 0.1) is 26.2 Å². The monoisotopic (exact) mass is 208 g/mol. The highest BCUT2D eigenvalue weighted by Gasteiger charge is 2.25. The van der Waals surface area contributed by atoms with E-state index in [1.807, 2.05) is 0 Å². The SMILES string of the molecule is COC(=O)C[C@@H]1OCc2cc(O)ccc21. The fourth-order valence-corrected chi connectivity index (χ4v) is 1.72. The fraction of sp³-hybridized carbons (Fsp3) is 0.364. The molecule has 0 aliphatic carbocycles. The van der Waals surface area contributed by atoms with Crippen LogP contribution in [0.1, 0.15) is 23.7 Å².